The fraction of sp³-hybridized carbons (Fsp3) is 0.238. The molecule has 8 nitrogen and oxygen atoms in total. The Morgan fingerprint density at radius 2 is 1.97 bits per heavy atom. The van der Waals surface area contributed by atoms with Crippen molar-refractivity contribution in [2.75, 3.05) is 18.0 Å². The van der Waals surface area contributed by atoms with Gasteiger partial charge in [-0.05, 0) is 29.8 Å². The summed E-state index contributed by atoms with van der Waals surface area (Å²) in [6.07, 6.45) is 5.04. The highest BCUT2D eigenvalue weighted by Crippen LogP contribution is 2.21. The Labute approximate surface area is 172 Å². The van der Waals surface area contributed by atoms with Crippen LogP contribution in [-0.4, -0.2) is 44.7 Å². The summed E-state index contributed by atoms with van der Waals surface area (Å²) in [7, 11) is 1.81. The molecule has 1 fully saturated rings. The molecule has 3 heterocycles. The van der Waals surface area contributed by atoms with Gasteiger partial charge in [-0.2, -0.15) is 5.10 Å². The van der Waals surface area contributed by atoms with E-state index < -0.39 is 0 Å². The monoisotopic (exact) mass is 408 g/mol. The second-order valence-electron chi connectivity index (χ2n) is 7.09. The number of anilines is 1. The molecule has 30 heavy (non-hydrogen) atoms. The summed E-state index contributed by atoms with van der Waals surface area (Å²) < 4.78 is 14.8. The average molecular weight is 408 g/mol. The van der Waals surface area contributed by atoms with Crippen molar-refractivity contribution in [1.29, 1.82) is 0 Å². The van der Waals surface area contributed by atoms with Crippen LogP contribution in [0.3, 0.4) is 0 Å². The Balaban J connectivity index is 1.41. The van der Waals surface area contributed by atoms with Gasteiger partial charge >= 0.3 is 6.03 Å². The van der Waals surface area contributed by atoms with Crippen molar-refractivity contribution in [3.05, 3.63) is 77.5 Å². The molecule has 1 aromatic carbocycles. The highest BCUT2D eigenvalue weighted by molar-refractivity contribution is 5.97. The average Bonchev–Trinajstić information content (AvgIpc) is 3.33. The Bertz CT molecular complexity index is 1070. The quantitative estimate of drug-likeness (QED) is 0.679. The molecule has 154 valence electrons. The van der Waals surface area contributed by atoms with Gasteiger partial charge in [0.25, 0.3) is 5.91 Å². The van der Waals surface area contributed by atoms with Gasteiger partial charge in [-0.25, -0.2) is 14.2 Å². The number of aryl methyl sites for hydroxylation is 1. The molecule has 9 heteroatoms. The predicted octanol–water partition coefficient (Wildman–Crippen LogP) is 2.33. The molecule has 0 aliphatic carbocycles. The van der Waals surface area contributed by atoms with E-state index in [2.05, 4.69) is 15.4 Å². The number of amides is 3. The van der Waals surface area contributed by atoms with E-state index >= 15 is 0 Å². The zero-order valence-electron chi connectivity index (χ0n) is 16.5. The molecule has 3 aromatic rings. The molecule has 0 saturated carbocycles. The zero-order chi connectivity index (χ0) is 21.1. The third-order valence-electron chi connectivity index (χ3n) is 4.88. The number of hydrogen-bond acceptors (Lipinski definition) is 4. The van der Waals surface area contributed by atoms with Crippen molar-refractivity contribution in [2.24, 2.45) is 7.05 Å². The Kier molecular flexibility index (Phi) is 5.42. The first kappa shape index (κ1) is 19.6. The summed E-state index contributed by atoms with van der Waals surface area (Å²) in [6, 6.07) is 9.11. The first-order valence-electron chi connectivity index (χ1n) is 9.52. The summed E-state index contributed by atoms with van der Waals surface area (Å²) in [5.41, 5.74) is 2.17. The molecule has 0 radical (unpaired) electrons. The Morgan fingerprint density at radius 3 is 2.70 bits per heavy atom. The van der Waals surface area contributed by atoms with Gasteiger partial charge < -0.3 is 10.2 Å². The second-order valence-corrected chi connectivity index (χ2v) is 7.09. The fourth-order valence-electron chi connectivity index (χ4n) is 3.31. The minimum Gasteiger partial charge on any atom is -0.348 e. The van der Waals surface area contributed by atoms with Crippen LogP contribution < -0.4 is 10.2 Å². The molecule has 0 spiro atoms. The van der Waals surface area contributed by atoms with Crippen molar-refractivity contribution in [3.63, 3.8) is 0 Å². The standard InChI is InChI=1S/C21H21FN6O2/c1-26-13-16(12-25-26)11-24-20(29)17-6-7-23-19(10-17)28-9-8-27(21(28)30)14-15-2-4-18(22)5-3-15/h2-7,10,12-13H,8-9,11,14H2,1H3,(H,24,29). The number of hydrogen-bond donors (Lipinski definition) is 1. The summed E-state index contributed by atoms with van der Waals surface area (Å²) in [5.74, 6) is -0.135. The van der Waals surface area contributed by atoms with Crippen LogP contribution in [0.2, 0.25) is 0 Å². The molecular formula is C21H21FN6O2. The third-order valence-corrected chi connectivity index (χ3v) is 4.88. The maximum Gasteiger partial charge on any atom is 0.326 e. The normalized spacial score (nSPS) is 13.7. The minimum atomic E-state index is -0.309. The van der Waals surface area contributed by atoms with Crippen LogP contribution in [0.1, 0.15) is 21.5 Å². The van der Waals surface area contributed by atoms with Crippen molar-refractivity contribution >= 4 is 17.8 Å². The maximum atomic E-state index is 13.1. The van der Waals surface area contributed by atoms with Gasteiger partial charge in [0, 0.05) is 56.7 Å². The molecule has 3 amide bonds. The molecule has 1 N–H and O–H groups in total. The molecule has 1 aliphatic rings. The molecule has 0 unspecified atom stereocenters. The first-order chi connectivity index (χ1) is 14.5. The van der Waals surface area contributed by atoms with Gasteiger partial charge in [0.15, 0.2) is 0 Å². The number of nitrogens with one attached hydrogen (secondary N) is 1. The smallest absolute Gasteiger partial charge is 0.326 e. The summed E-state index contributed by atoms with van der Waals surface area (Å²) in [5, 5.41) is 6.91. The first-order valence-corrected chi connectivity index (χ1v) is 9.52. The predicted molar refractivity (Wildman–Crippen MR) is 108 cm³/mol. The highest BCUT2D eigenvalue weighted by atomic mass is 19.1. The van der Waals surface area contributed by atoms with Gasteiger partial charge in [0.2, 0.25) is 0 Å². The SMILES string of the molecule is Cn1cc(CNC(=O)c2ccnc(N3CCN(Cc4ccc(F)cc4)C3=O)c2)cn1. The number of pyridine rings is 1. The van der Waals surface area contributed by atoms with Crippen molar-refractivity contribution in [1.82, 2.24) is 25.0 Å². The number of carbonyl (C=O) groups excluding carboxylic acids is 2. The second kappa shape index (κ2) is 8.32. The van der Waals surface area contributed by atoms with Crippen LogP contribution >= 0.6 is 0 Å². The van der Waals surface area contributed by atoms with Crippen LogP contribution in [0.25, 0.3) is 0 Å². The number of urea groups is 1. The van der Waals surface area contributed by atoms with E-state index in [9.17, 15) is 14.0 Å². The lowest BCUT2D eigenvalue weighted by molar-refractivity contribution is 0.0950. The lowest BCUT2D eigenvalue weighted by Gasteiger charge is -2.18. The van der Waals surface area contributed by atoms with Crippen molar-refractivity contribution in [2.45, 2.75) is 13.1 Å². The molecule has 0 atom stereocenters. The molecule has 2 aromatic heterocycles. The maximum absolute atomic E-state index is 13.1. The van der Waals surface area contributed by atoms with E-state index in [1.165, 1.54) is 18.3 Å². The fourth-order valence-corrected chi connectivity index (χ4v) is 3.31. The van der Waals surface area contributed by atoms with E-state index in [0.717, 1.165) is 11.1 Å². The summed E-state index contributed by atoms with van der Waals surface area (Å²) >= 11 is 0. The number of aromatic nitrogens is 3. The van der Waals surface area contributed by atoms with Gasteiger partial charge in [-0.3, -0.25) is 14.4 Å². The third kappa shape index (κ3) is 4.29. The zero-order valence-corrected chi connectivity index (χ0v) is 16.5. The molecular weight excluding hydrogens is 387 g/mol. The largest absolute Gasteiger partial charge is 0.348 e. The number of nitrogens with zero attached hydrogens (tertiary/aromatic N) is 5. The van der Waals surface area contributed by atoms with Crippen LogP contribution in [0.5, 0.6) is 0 Å². The molecule has 0 bridgehead atoms. The van der Waals surface area contributed by atoms with Crippen LogP contribution in [0, 0.1) is 5.82 Å². The summed E-state index contributed by atoms with van der Waals surface area (Å²) in [4.78, 5) is 32.8. The van der Waals surface area contributed by atoms with E-state index in [1.807, 2.05) is 13.2 Å². The topological polar surface area (TPSA) is 83.4 Å². The lowest BCUT2D eigenvalue weighted by atomic mass is 10.2. The van der Waals surface area contributed by atoms with Gasteiger partial charge in [-0.15, -0.1) is 0 Å². The van der Waals surface area contributed by atoms with Crippen molar-refractivity contribution in [3.8, 4) is 0 Å². The van der Waals surface area contributed by atoms with E-state index in [1.54, 1.807) is 44.9 Å². The Hall–Kier alpha value is -3.75. The highest BCUT2D eigenvalue weighted by Gasteiger charge is 2.30. The number of rotatable bonds is 6. The van der Waals surface area contributed by atoms with Crippen LogP contribution in [0.15, 0.2) is 55.0 Å². The minimum absolute atomic E-state index is 0.195. The van der Waals surface area contributed by atoms with Crippen LogP contribution in [-0.2, 0) is 20.1 Å². The number of benzene rings is 1. The van der Waals surface area contributed by atoms with E-state index in [-0.39, 0.29) is 17.8 Å². The lowest BCUT2D eigenvalue weighted by Crippen LogP contribution is -2.32. The Morgan fingerprint density at radius 1 is 1.17 bits per heavy atom. The molecule has 1 saturated heterocycles. The van der Waals surface area contributed by atoms with E-state index in [0.29, 0.717) is 37.6 Å². The van der Waals surface area contributed by atoms with Gasteiger partial charge in [0.05, 0.1) is 6.20 Å². The van der Waals surface area contributed by atoms with E-state index in [4.69, 9.17) is 0 Å². The van der Waals surface area contributed by atoms with Crippen LogP contribution in [0.4, 0.5) is 15.0 Å². The van der Waals surface area contributed by atoms with Gasteiger partial charge in [-0.1, -0.05) is 12.1 Å². The van der Waals surface area contributed by atoms with Crippen molar-refractivity contribution < 1.29 is 14.0 Å². The molecule has 1 aliphatic heterocycles. The number of halogens is 1. The number of carbonyl (C=O) groups is 2. The molecule has 4 rings (SSSR count). The van der Waals surface area contributed by atoms with Gasteiger partial charge in [0.1, 0.15) is 11.6 Å². The summed E-state index contributed by atoms with van der Waals surface area (Å²) in [6.45, 7) is 1.74.